The van der Waals surface area contributed by atoms with E-state index < -0.39 is 31.1 Å². The Balaban J connectivity index is 4.07. The Morgan fingerprint density at radius 1 is 1.33 bits per heavy atom. The summed E-state index contributed by atoms with van der Waals surface area (Å²) in [4.78, 5) is 9.84. The van der Waals surface area contributed by atoms with E-state index >= 15 is 0 Å². The Bertz CT molecular complexity index is 142. The van der Waals surface area contributed by atoms with Crippen molar-refractivity contribution in [1.29, 1.82) is 0 Å². The zero-order valence-electron chi connectivity index (χ0n) is 6.17. The van der Waals surface area contributed by atoms with E-state index in [0.29, 0.717) is 0 Å². The van der Waals surface area contributed by atoms with Crippen LogP contribution in [0.25, 0.3) is 0 Å². The van der Waals surface area contributed by atoms with Gasteiger partial charge in [0, 0.05) is 0 Å². The van der Waals surface area contributed by atoms with Crippen LogP contribution in [0, 0.1) is 0 Å². The summed E-state index contributed by atoms with van der Waals surface area (Å²) in [6.07, 6.45) is -7.99. The number of rotatable bonds is 5. The molecule has 0 aliphatic carbocycles. The van der Waals surface area contributed by atoms with Gasteiger partial charge < -0.3 is 25.2 Å². The standard InChI is InChI=1S/C6H11FO5/c7-5(3(10)1-8)6(12)4(11)2-9/h2-6,8,10-12H,1H2/t3-,4+,5-,6-/m1/s1. The number of carbonyl (C=O) groups is 1. The van der Waals surface area contributed by atoms with E-state index in [0.717, 1.165) is 0 Å². The van der Waals surface area contributed by atoms with Crippen molar-refractivity contribution >= 4 is 6.29 Å². The van der Waals surface area contributed by atoms with Crippen molar-refractivity contribution in [3.8, 4) is 0 Å². The number of aliphatic hydroxyl groups excluding tert-OH is 4. The Kier molecular flexibility index (Phi) is 4.91. The highest BCUT2D eigenvalue weighted by molar-refractivity contribution is 5.56. The molecule has 4 N–H and O–H groups in total. The summed E-state index contributed by atoms with van der Waals surface area (Å²) >= 11 is 0. The Labute approximate surface area is 68.1 Å². The monoisotopic (exact) mass is 182 g/mol. The summed E-state index contributed by atoms with van der Waals surface area (Å²) in [5, 5.41) is 34.2. The molecule has 4 atom stereocenters. The lowest BCUT2D eigenvalue weighted by atomic mass is 10.1. The number of aldehydes is 1. The van der Waals surface area contributed by atoms with Crippen molar-refractivity contribution in [3.05, 3.63) is 0 Å². The molecular formula is C6H11FO5. The zero-order chi connectivity index (χ0) is 9.72. The maximum atomic E-state index is 12.6. The van der Waals surface area contributed by atoms with Gasteiger partial charge in [-0.2, -0.15) is 0 Å². The Hall–Kier alpha value is -0.560. The summed E-state index contributed by atoms with van der Waals surface area (Å²) in [5.41, 5.74) is 0. The fourth-order valence-corrected chi connectivity index (χ4v) is 0.597. The van der Waals surface area contributed by atoms with E-state index in [9.17, 15) is 9.18 Å². The van der Waals surface area contributed by atoms with Crippen LogP contribution in [-0.2, 0) is 4.79 Å². The van der Waals surface area contributed by atoms with Crippen molar-refractivity contribution in [2.45, 2.75) is 24.5 Å². The van der Waals surface area contributed by atoms with E-state index in [1.807, 2.05) is 0 Å². The van der Waals surface area contributed by atoms with E-state index in [1.54, 1.807) is 0 Å². The minimum Gasteiger partial charge on any atom is -0.394 e. The third kappa shape index (κ3) is 2.82. The van der Waals surface area contributed by atoms with E-state index in [1.165, 1.54) is 0 Å². The lowest BCUT2D eigenvalue weighted by Crippen LogP contribution is -2.43. The van der Waals surface area contributed by atoms with Crippen molar-refractivity contribution < 1.29 is 29.6 Å². The average molecular weight is 182 g/mol. The Morgan fingerprint density at radius 2 is 1.83 bits per heavy atom. The molecular weight excluding hydrogens is 171 g/mol. The van der Waals surface area contributed by atoms with Gasteiger partial charge in [0.15, 0.2) is 12.5 Å². The fourth-order valence-electron chi connectivity index (χ4n) is 0.597. The summed E-state index contributed by atoms with van der Waals surface area (Å²) in [6, 6.07) is 0. The van der Waals surface area contributed by atoms with Crippen LogP contribution in [0.3, 0.4) is 0 Å². The quantitative estimate of drug-likeness (QED) is 0.355. The van der Waals surface area contributed by atoms with Crippen LogP contribution in [0.15, 0.2) is 0 Å². The van der Waals surface area contributed by atoms with Crippen LogP contribution in [0.4, 0.5) is 4.39 Å². The topological polar surface area (TPSA) is 98.0 Å². The minimum atomic E-state index is -2.24. The molecule has 0 heterocycles. The number of halogens is 1. The van der Waals surface area contributed by atoms with E-state index in [2.05, 4.69) is 0 Å². The maximum absolute atomic E-state index is 12.6. The molecule has 0 bridgehead atoms. The molecule has 0 spiro atoms. The Morgan fingerprint density at radius 3 is 2.17 bits per heavy atom. The van der Waals surface area contributed by atoms with Gasteiger partial charge in [-0.05, 0) is 0 Å². The summed E-state index contributed by atoms with van der Waals surface area (Å²) in [7, 11) is 0. The lowest BCUT2D eigenvalue weighted by Gasteiger charge is -2.20. The minimum absolute atomic E-state index is 0.0542. The molecule has 0 rings (SSSR count). The first kappa shape index (κ1) is 11.4. The zero-order valence-corrected chi connectivity index (χ0v) is 6.17. The number of carbonyl (C=O) groups excluding carboxylic acids is 1. The fraction of sp³-hybridized carbons (Fsp3) is 0.833. The molecule has 0 unspecified atom stereocenters. The molecule has 0 saturated carbocycles. The van der Waals surface area contributed by atoms with Gasteiger partial charge in [0.25, 0.3) is 0 Å². The molecule has 0 saturated heterocycles. The SMILES string of the molecule is O=C[C@H](O)[C@@H](O)[C@H](F)[C@H](O)CO. The first-order valence-corrected chi connectivity index (χ1v) is 3.29. The van der Waals surface area contributed by atoms with Crippen LogP contribution >= 0.6 is 0 Å². The van der Waals surface area contributed by atoms with Crippen LogP contribution < -0.4 is 0 Å². The molecule has 0 fully saturated rings. The first-order valence-electron chi connectivity index (χ1n) is 3.29. The number of hydrogen-bond donors (Lipinski definition) is 4. The molecule has 0 aliphatic heterocycles. The third-order valence-corrected chi connectivity index (χ3v) is 1.37. The molecule has 0 aromatic carbocycles. The summed E-state index contributed by atoms with van der Waals surface area (Å²) in [5.74, 6) is 0. The second kappa shape index (κ2) is 5.15. The molecule has 0 aliphatic rings. The largest absolute Gasteiger partial charge is 0.394 e. The molecule has 5 nitrogen and oxygen atoms in total. The van der Waals surface area contributed by atoms with Gasteiger partial charge in [0.05, 0.1) is 6.61 Å². The predicted molar refractivity (Wildman–Crippen MR) is 36.1 cm³/mol. The molecule has 0 aromatic rings. The molecule has 0 amide bonds. The second-order valence-electron chi connectivity index (χ2n) is 2.31. The highest BCUT2D eigenvalue weighted by Crippen LogP contribution is 2.07. The van der Waals surface area contributed by atoms with Crippen LogP contribution in [0.1, 0.15) is 0 Å². The maximum Gasteiger partial charge on any atom is 0.157 e. The van der Waals surface area contributed by atoms with Crippen LogP contribution in [-0.4, -0.2) is 57.8 Å². The van der Waals surface area contributed by atoms with Gasteiger partial charge in [-0.25, -0.2) is 4.39 Å². The van der Waals surface area contributed by atoms with Gasteiger partial charge in [0.2, 0.25) is 0 Å². The second-order valence-corrected chi connectivity index (χ2v) is 2.31. The van der Waals surface area contributed by atoms with Crippen LogP contribution in [0.2, 0.25) is 0 Å². The normalized spacial score (nSPS) is 21.1. The highest BCUT2D eigenvalue weighted by Gasteiger charge is 2.31. The smallest absolute Gasteiger partial charge is 0.157 e. The van der Waals surface area contributed by atoms with Crippen molar-refractivity contribution in [2.24, 2.45) is 0 Å². The summed E-state index contributed by atoms with van der Waals surface area (Å²) < 4.78 is 12.6. The van der Waals surface area contributed by atoms with Crippen molar-refractivity contribution in [1.82, 2.24) is 0 Å². The third-order valence-electron chi connectivity index (χ3n) is 1.37. The molecule has 72 valence electrons. The number of hydrogen-bond acceptors (Lipinski definition) is 5. The van der Waals surface area contributed by atoms with Crippen molar-refractivity contribution in [2.75, 3.05) is 6.61 Å². The van der Waals surface area contributed by atoms with Gasteiger partial charge in [0.1, 0.15) is 18.3 Å². The average Bonchev–Trinajstić information content (AvgIpc) is 2.12. The van der Waals surface area contributed by atoms with Crippen LogP contribution in [0.5, 0.6) is 0 Å². The van der Waals surface area contributed by atoms with E-state index in [4.69, 9.17) is 20.4 Å². The highest BCUT2D eigenvalue weighted by atomic mass is 19.1. The van der Waals surface area contributed by atoms with Crippen molar-refractivity contribution in [3.63, 3.8) is 0 Å². The molecule has 12 heavy (non-hydrogen) atoms. The molecule has 0 radical (unpaired) electrons. The summed E-state index contributed by atoms with van der Waals surface area (Å²) in [6.45, 7) is -0.885. The first-order chi connectivity index (χ1) is 5.54. The number of aliphatic hydroxyl groups is 4. The molecule has 6 heteroatoms. The van der Waals surface area contributed by atoms with Gasteiger partial charge in [-0.15, -0.1) is 0 Å². The molecule has 0 aromatic heterocycles. The van der Waals surface area contributed by atoms with Gasteiger partial charge in [-0.3, -0.25) is 0 Å². The van der Waals surface area contributed by atoms with Gasteiger partial charge >= 0.3 is 0 Å². The lowest BCUT2D eigenvalue weighted by molar-refractivity contribution is -0.127. The predicted octanol–water partition coefficient (Wildman–Crippen LogP) is -2.40. The van der Waals surface area contributed by atoms with Gasteiger partial charge in [-0.1, -0.05) is 0 Å². The number of alkyl halides is 1. The van der Waals surface area contributed by atoms with E-state index in [-0.39, 0.29) is 6.29 Å².